The molecular weight excluding hydrogens is 466 g/mol. The van der Waals surface area contributed by atoms with Gasteiger partial charge in [-0.2, -0.15) is 0 Å². The number of aromatic nitrogens is 3. The number of rotatable bonds is 6. The lowest BCUT2D eigenvalue weighted by atomic mass is 10.1. The van der Waals surface area contributed by atoms with Gasteiger partial charge in [0.15, 0.2) is 18.2 Å². The molecule has 0 bridgehead atoms. The van der Waals surface area contributed by atoms with Crippen molar-refractivity contribution in [3.8, 4) is 11.6 Å². The third-order valence-electron chi connectivity index (χ3n) is 6.67. The van der Waals surface area contributed by atoms with Gasteiger partial charge in [-0.25, -0.2) is 14.8 Å². The van der Waals surface area contributed by atoms with E-state index in [9.17, 15) is 9.59 Å². The maximum absolute atomic E-state index is 12.6. The second kappa shape index (κ2) is 8.79. The van der Waals surface area contributed by atoms with E-state index in [0.717, 1.165) is 29.8 Å². The van der Waals surface area contributed by atoms with Crippen molar-refractivity contribution in [1.82, 2.24) is 19.9 Å². The Kier molecular flexibility index (Phi) is 5.44. The van der Waals surface area contributed by atoms with Crippen molar-refractivity contribution in [2.75, 3.05) is 62.1 Å². The molecule has 2 saturated heterocycles. The van der Waals surface area contributed by atoms with Crippen LogP contribution < -0.4 is 24.6 Å². The van der Waals surface area contributed by atoms with E-state index in [-0.39, 0.29) is 18.6 Å². The maximum Gasteiger partial charge on any atom is 0.416 e. The second-order valence-electron chi connectivity index (χ2n) is 9.02. The van der Waals surface area contributed by atoms with Crippen molar-refractivity contribution in [3.05, 3.63) is 36.5 Å². The molecule has 6 heterocycles. The Morgan fingerprint density at radius 3 is 2.83 bits per heavy atom. The van der Waals surface area contributed by atoms with Crippen LogP contribution in [0.5, 0.6) is 11.6 Å². The van der Waals surface area contributed by atoms with Crippen molar-refractivity contribution >= 4 is 40.4 Å². The molecule has 3 aromatic heterocycles. The van der Waals surface area contributed by atoms with Gasteiger partial charge in [0.05, 0.1) is 24.9 Å². The molecule has 0 spiro atoms. The van der Waals surface area contributed by atoms with Gasteiger partial charge in [-0.1, -0.05) is 0 Å². The summed E-state index contributed by atoms with van der Waals surface area (Å²) >= 11 is 0. The summed E-state index contributed by atoms with van der Waals surface area (Å²) in [6.45, 7) is 2.57. The molecule has 0 radical (unpaired) electrons. The first-order valence-corrected chi connectivity index (χ1v) is 11.7. The smallest absolute Gasteiger partial charge is 0.416 e. The number of pyridine rings is 3. The van der Waals surface area contributed by atoms with Crippen molar-refractivity contribution in [3.63, 3.8) is 0 Å². The number of carbonyl (C=O) groups is 2. The largest absolute Gasteiger partial charge is 0.481 e. The lowest BCUT2D eigenvalue weighted by Crippen LogP contribution is -2.59. The van der Waals surface area contributed by atoms with Gasteiger partial charge < -0.3 is 24.4 Å². The first-order chi connectivity index (χ1) is 17.5. The zero-order valence-corrected chi connectivity index (χ0v) is 19.9. The van der Waals surface area contributed by atoms with Gasteiger partial charge in [0.2, 0.25) is 5.88 Å². The van der Waals surface area contributed by atoms with E-state index in [4.69, 9.17) is 14.2 Å². The molecule has 3 aliphatic rings. The fourth-order valence-corrected chi connectivity index (χ4v) is 4.67. The van der Waals surface area contributed by atoms with Crippen LogP contribution in [0.25, 0.3) is 11.0 Å². The van der Waals surface area contributed by atoms with Gasteiger partial charge in [0.1, 0.15) is 17.4 Å². The van der Waals surface area contributed by atoms with Gasteiger partial charge in [0.25, 0.3) is 5.91 Å². The number of amides is 2. The average molecular weight is 492 g/mol. The summed E-state index contributed by atoms with van der Waals surface area (Å²) in [5, 5.41) is 2.67. The Hall–Kier alpha value is -4.19. The van der Waals surface area contributed by atoms with Gasteiger partial charge in [-0.15, -0.1) is 0 Å². The monoisotopic (exact) mass is 491 g/mol. The number of ether oxygens (including phenoxy) is 3. The molecule has 6 rings (SSSR count). The van der Waals surface area contributed by atoms with Gasteiger partial charge >= 0.3 is 6.09 Å². The number of hydrogen-bond acceptors (Lipinski definition) is 10. The van der Waals surface area contributed by atoms with Crippen LogP contribution in [0.1, 0.15) is 0 Å². The van der Waals surface area contributed by atoms with E-state index in [1.807, 2.05) is 25.2 Å². The molecule has 36 heavy (non-hydrogen) atoms. The predicted octanol–water partition coefficient (Wildman–Crippen LogP) is 1.51. The summed E-state index contributed by atoms with van der Waals surface area (Å²) in [4.78, 5) is 43.5. The number of hydrogen-bond donors (Lipinski definition) is 1. The predicted molar refractivity (Wildman–Crippen MR) is 131 cm³/mol. The molecule has 2 fully saturated rings. The second-order valence-corrected chi connectivity index (χ2v) is 9.02. The number of fused-ring (bicyclic) bond motifs is 2. The van der Waals surface area contributed by atoms with E-state index < -0.39 is 6.09 Å². The Balaban J connectivity index is 1.08. The molecule has 0 unspecified atom stereocenters. The Morgan fingerprint density at radius 2 is 2.00 bits per heavy atom. The number of methoxy groups -OCH3 is 1. The van der Waals surface area contributed by atoms with Crippen molar-refractivity contribution in [2.24, 2.45) is 0 Å². The summed E-state index contributed by atoms with van der Waals surface area (Å²) < 4.78 is 16.2. The minimum absolute atomic E-state index is 0.0467. The van der Waals surface area contributed by atoms with Crippen LogP contribution in [-0.2, 0) is 9.53 Å². The zero-order valence-electron chi connectivity index (χ0n) is 19.9. The highest BCUT2D eigenvalue weighted by molar-refractivity contribution is 5.95. The highest BCUT2D eigenvalue weighted by Crippen LogP contribution is 2.32. The van der Waals surface area contributed by atoms with Crippen LogP contribution in [0, 0.1) is 0 Å². The minimum atomic E-state index is -0.456. The highest BCUT2D eigenvalue weighted by atomic mass is 16.6. The molecular formula is C24H25N7O5. The summed E-state index contributed by atoms with van der Waals surface area (Å²) in [5.41, 5.74) is 2.67. The molecule has 12 heteroatoms. The Bertz CT molecular complexity index is 1350. The van der Waals surface area contributed by atoms with Crippen LogP contribution >= 0.6 is 0 Å². The minimum Gasteiger partial charge on any atom is -0.481 e. The summed E-state index contributed by atoms with van der Waals surface area (Å²) in [6.07, 6.45) is 1.04. The van der Waals surface area contributed by atoms with Crippen molar-refractivity contribution in [1.29, 1.82) is 0 Å². The quantitative estimate of drug-likeness (QED) is 0.543. The number of anilines is 3. The molecule has 186 valence electrons. The van der Waals surface area contributed by atoms with Gasteiger partial charge in [-0.3, -0.25) is 19.6 Å². The van der Waals surface area contributed by atoms with E-state index in [1.54, 1.807) is 25.4 Å². The first-order valence-electron chi connectivity index (χ1n) is 11.7. The lowest BCUT2D eigenvalue weighted by molar-refractivity contribution is -0.118. The lowest BCUT2D eigenvalue weighted by Gasteiger charge is -2.45. The molecule has 0 aliphatic carbocycles. The summed E-state index contributed by atoms with van der Waals surface area (Å²) in [5.74, 6) is 1.48. The summed E-state index contributed by atoms with van der Waals surface area (Å²) in [7, 11) is 3.64. The highest BCUT2D eigenvalue weighted by Gasteiger charge is 2.38. The third kappa shape index (κ3) is 3.98. The van der Waals surface area contributed by atoms with Crippen LogP contribution in [0.15, 0.2) is 36.5 Å². The van der Waals surface area contributed by atoms with E-state index in [2.05, 4.69) is 30.1 Å². The fourth-order valence-electron chi connectivity index (χ4n) is 4.67. The number of carbonyl (C=O) groups excluding carboxylic acids is 2. The van der Waals surface area contributed by atoms with Crippen LogP contribution in [0.3, 0.4) is 0 Å². The van der Waals surface area contributed by atoms with Crippen LogP contribution in [0.2, 0.25) is 0 Å². The number of nitrogens with one attached hydrogen (secondary N) is 1. The SMILES string of the molecule is COc1ccc2nccc(N3CC(N(C)C[C@@H]4CN(c5ccc6c(n5)NC(=O)CO6)C(=O)O4)C3)c2n1. The van der Waals surface area contributed by atoms with Crippen molar-refractivity contribution < 1.29 is 23.8 Å². The molecule has 0 aromatic carbocycles. The zero-order chi connectivity index (χ0) is 24.8. The topological polar surface area (TPSA) is 122 Å². The molecule has 1 atom stereocenters. The molecule has 0 saturated carbocycles. The van der Waals surface area contributed by atoms with Crippen LogP contribution in [-0.4, -0.2) is 90.9 Å². The molecule has 3 aliphatic heterocycles. The number of likely N-dealkylation sites (N-methyl/N-ethyl adjacent to an activating group) is 1. The van der Waals surface area contributed by atoms with Crippen molar-refractivity contribution in [2.45, 2.75) is 12.1 Å². The van der Waals surface area contributed by atoms with E-state index in [0.29, 0.717) is 42.4 Å². The first kappa shape index (κ1) is 22.3. The number of cyclic esters (lactones) is 1. The molecule has 2 amide bonds. The molecule has 3 aromatic rings. The maximum atomic E-state index is 12.6. The summed E-state index contributed by atoms with van der Waals surface area (Å²) in [6, 6.07) is 9.38. The fraction of sp³-hybridized carbons (Fsp3) is 0.375. The Labute approximate surface area is 206 Å². The molecule has 12 nitrogen and oxygen atoms in total. The number of nitrogens with zero attached hydrogens (tertiary/aromatic N) is 6. The van der Waals surface area contributed by atoms with Crippen LogP contribution in [0.4, 0.5) is 22.1 Å². The standard InChI is InChI=1S/C24H25N7O5/c1-29(14-9-30(10-14)17-7-8-25-16-3-6-21(34-2)28-22(16)17)11-15-12-31(24(33)36-15)19-5-4-18-23(26-19)27-20(32)13-35-18/h3-8,14-15H,9-13H2,1-2H3,(H,26,27,32)/t15-/m1/s1. The van der Waals surface area contributed by atoms with E-state index >= 15 is 0 Å². The van der Waals surface area contributed by atoms with Gasteiger partial charge in [0, 0.05) is 37.9 Å². The molecule has 1 N–H and O–H groups in total. The Morgan fingerprint density at radius 1 is 1.14 bits per heavy atom. The third-order valence-corrected chi connectivity index (χ3v) is 6.67. The normalized spacial score (nSPS) is 19.6. The van der Waals surface area contributed by atoms with E-state index in [1.165, 1.54) is 4.90 Å². The van der Waals surface area contributed by atoms with Gasteiger partial charge in [-0.05, 0) is 31.3 Å². The average Bonchev–Trinajstić information content (AvgIpc) is 3.22.